The van der Waals surface area contributed by atoms with E-state index in [-0.39, 0.29) is 59.8 Å². The summed E-state index contributed by atoms with van der Waals surface area (Å²) in [5, 5.41) is 3.58. The Morgan fingerprint density at radius 2 is 1.15 bits per heavy atom. The molecule has 0 fully saturated rings. The van der Waals surface area contributed by atoms with Crippen molar-refractivity contribution in [2.45, 2.75) is 60.3 Å². The van der Waals surface area contributed by atoms with Crippen LogP contribution in [0.4, 0.5) is 0 Å². The molecule has 0 N–H and O–H groups in total. The third-order valence-corrected chi connectivity index (χ3v) is 15.9. The molecule has 2 aromatic carbocycles. The van der Waals surface area contributed by atoms with E-state index >= 15 is 0 Å². The van der Waals surface area contributed by atoms with Crippen LogP contribution in [0.25, 0.3) is 12.2 Å². The summed E-state index contributed by atoms with van der Waals surface area (Å²) >= 11 is -0.252. The van der Waals surface area contributed by atoms with E-state index in [4.69, 9.17) is 0 Å². The van der Waals surface area contributed by atoms with E-state index in [0.29, 0.717) is 8.45 Å². The zero-order chi connectivity index (χ0) is 22.1. The van der Waals surface area contributed by atoms with Crippen molar-refractivity contribution >= 4 is 28.0 Å². The summed E-state index contributed by atoms with van der Waals surface area (Å²) in [5.41, 5.74) is 7.87. The molecule has 2 aliphatic carbocycles. The Kier molecular flexibility index (Phi) is 11.4. The van der Waals surface area contributed by atoms with Gasteiger partial charge in [-0.3, -0.25) is 0 Å². The van der Waals surface area contributed by atoms with Crippen molar-refractivity contribution in [3.63, 3.8) is 0 Å². The molecule has 2 aliphatic rings. The summed E-state index contributed by atoms with van der Waals surface area (Å²) < 4.78 is 1.39. The SMILES string of the molecule is CCC(C)P(C1=Cc2ccccc2[CH]1[Ti+2][CH]1C(P(C)C)=Cc2ccccc21)C(C)CC.[Cl-].[Cl-]. The molecule has 0 spiro atoms. The van der Waals surface area contributed by atoms with Gasteiger partial charge in [0.05, 0.1) is 0 Å². The average Bonchev–Trinajstić information content (AvgIpc) is 3.33. The van der Waals surface area contributed by atoms with Gasteiger partial charge in [0.15, 0.2) is 0 Å². The van der Waals surface area contributed by atoms with Crippen LogP contribution in [0, 0.1) is 0 Å². The first-order valence-electron chi connectivity index (χ1n) is 11.8. The van der Waals surface area contributed by atoms with E-state index in [9.17, 15) is 0 Å². The number of hydrogen-bond acceptors (Lipinski definition) is 0. The maximum Gasteiger partial charge on any atom is -1.00 e. The van der Waals surface area contributed by atoms with Crippen molar-refractivity contribution in [1.29, 1.82) is 0 Å². The largest absolute Gasteiger partial charge is 1.00 e. The summed E-state index contributed by atoms with van der Waals surface area (Å²) in [5.74, 6) is 0. The molecule has 0 amide bonds. The number of rotatable bonds is 8. The van der Waals surface area contributed by atoms with E-state index < -0.39 is 0 Å². The molecule has 0 aromatic heterocycles. The van der Waals surface area contributed by atoms with Crippen LogP contribution in [0.15, 0.2) is 59.2 Å². The van der Waals surface area contributed by atoms with Crippen LogP contribution in [0.3, 0.4) is 0 Å². The minimum atomic E-state index is -0.252. The van der Waals surface area contributed by atoms with Crippen LogP contribution < -0.4 is 24.8 Å². The quantitative estimate of drug-likeness (QED) is 0.349. The standard InChI is InChI=1S/C17H24P.C11H12P.2ClH.Ti/c1-5-13(3)18(14(4)6-2)17-11-15-9-7-8-10-16(15)12-17;1-12(2)11-7-9-5-3-4-6-10(9)8-11;;;/h7-14H,5-6H2,1-4H3;3-8H,1-2H3;2*1H;/q;;;;+2/p-2. The minimum absolute atomic E-state index is 0. The van der Waals surface area contributed by atoms with Gasteiger partial charge < -0.3 is 24.8 Å². The Labute approximate surface area is 225 Å². The first-order chi connectivity index (χ1) is 15.0. The topological polar surface area (TPSA) is 0 Å². The summed E-state index contributed by atoms with van der Waals surface area (Å²) in [4.78, 5) is 0. The molecule has 5 heteroatoms. The van der Waals surface area contributed by atoms with Crippen LogP contribution in [-0.2, 0) is 19.2 Å². The minimum Gasteiger partial charge on any atom is -1.00 e. The molecule has 0 saturated heterocycles. The molecule has 0 heterocycles. The maximum absolute atomic E-state index is 2.64. The first kappa shape index (κ1) is 29.3. The van der Waals surface area contributed by atoms with E-state index in [0.717, 1.165) is 11.3 Å². The summed E-state index contributed by atoms with van der Waals surface area (Å²) in [6, 6.07) is 18.5. The summed E-state index contributed by atoms with van der Waals surface area (Å²) in [7, 11) is -0.166. The van der Waals surface area contributed by atoms with E-state index in [1.54, 1.807) is 16.4 Å². The maximum atomic E-state index is 2.64. The Bertz CT molecular complexity index is 991. The van der Waals surface area contributed by atoms with Gasteiger partial charge in [-0.05, 0) is 0 Å². The van der Waals surface area contributed by atoms with Crippen LogP contribution >= 0.6 is 15.8 Å². The van der Waals surface area contributed by atoms with E-state index in [2.05, 4.69) is 102 Å². The average molecular weight is 553 g/mol. The molecule has 0 radical (unpaired) electrons. The van der Waals surface area contributed by atoms with Crippen LogP contribution in [0.5, 0.6) is 0 Å². The van der Waals surface area contributed by atoms with Gasteiger partial charge in [0.2, 0.25) is 0 Å². The molecule has 0 nitrogen and oxygen atoms in total. The van der Waals surface area contributed by atoms with Crippen molar-refractivity contribution in [3.05, 3.63) is 81.4 Å². The Balaban J connectivity index is 0.00000193. The van der Waals surface area contributed by atoms with Crippen molar-refractivity contribution < 1.29 is 44.0 Å². The molecule has 0 aliphatic heterocycles. The fourth-order valence-electron chi connectivity index (χ4n) is 5.08. The molecule has 4 rings (SSSR count). The normalized spacial score (nSPS) is 20.9. The second kappa shape index (κ2) is 12.9. The molecule has 33 heavy (non-hydrogen) atoms. The zero-order valence-corrected chi connectivity index (χ0v) is 25.5. The Morgan fingerprint density at radius 3 is 1.61 bits per heavy atom. The Hall–Kier alpha value is 0.0743. The molecule has 0 saturated carbocycles. The monoisotopic (exact) mass is 552 g/mol. The molecular weight excluding hydrogens is 517 g/mol. The number of halogens is 2. The molecular formula is C28H36Cl2P2Ti. The van der Waals surface area contributed by atoms with Crippen LogP contribution in [0.1, 0.15) is 71.2 Å². The Morgan fingerprint density at radius 1 is 0.727 bits per heavy atom. The number of allylic oxidation sites excluding steroid dienone is 2. The fraction of sp³-hybridized carbons (Fsp3) is 0.429. The van der Waals surface area contributed by atoms with Gasteiger partial charge in [0, 0.05) is 0 Å². The van der Waals surface area contributed by atoms with E-state index in [1.165, 1.54) is 24.0 Å². The zero-order valence-electron chi connectivity index (χ0n) is 20.6. The third-order valence-electron chi connectivity index (χ3n) is 7.09. The van der Waals surface area contributed by atoms with Crippen molar-refractivity contribution in [3.8, 4) is 0 Å². The second-order valence-corrected chi connectivity index (χ2v) is 17.0. The van der Waals surface area contributed by atoms with Crippen LogP contribution in [0.2, 0.25) is 0 Å². The predicted molar refractivity (Wildman–Crippen MR) is 140 cm³/mol. The van der Waals surface area contributed by atoms with Gasteiger partial charge in [-0.2, -0.15) is 0 Å². The van der Waals surface area contributed by atoms with E-state index in [1.807, 2.05) is 5.31 Å². The van der Waals surface area contributed by atoms with Gasteiger partial charge in [-0.15, -0.1) is 0 Å². The number of hydrogen-bond donors (Lipinski definition) is 0. The predicted octanol–water partition coefficient (Wildman–Crippen LogP) is 3.09. The summed E-state index contributed by atoms with van der Waals surface area (Å²) in [6.45, 7) is 14.7. The fourth-order valence-corrected chi connectivity index (χ4v) is 14.7. The van der Waals surface area contributed by atoms with Crippen molar-refractivity contribution in [1.82, 2.24) is 0 Å². The molecule has 176 valence electrons. The smallest absolute Gasteiger partial charge is 1.00 e. The second-order valence-electron chi connectivity index (χ2n) is 9.25. The first-order valence-corrected chi connectivity index (χ1v) is 17.3. The van der Waals surface area contributed by atoms with Gasteiger partial charge in [0.25, 0.3) is 0 Å². The molecule has 4 unspecified atom stereocenters. The molecule has 2 aromatic rings. The number of benzene rings is 2. The van der Waals surface area contributed by atoms with Gasteiger partial charge >= 0.3 is 202 Å². The van der Waals surface area contributed by atoms with Gasteiger partial charge in [-0.25, -0.2) is 0 Å². The molecule has 0 bridgehead atoms. The van der Waals surface area contributed by atoms with Crippen LogP contribution in [-0.4, -0.2) is 24.6 Å². The van der Waals surface area contributed by atoms with Crippen molar-refractivity contribution in [2.75, 3.05) is 13.3 Å². The van der Waals surface area contributed by atoms with Crippen molar-refractivity contribution in [2.24, 2.45) is 0 Å². The molecule has 4 atom stereocenters. The van der Waals surface area contributed by atoms with Gasteiger partial charge in [-0.1, -0.05) is 0 Å². The summed E-state index contributed by atoms with van der Waals surface area (Å²) in [6.07, 6.45) is 7.77. The number of fused-ring (bicyclic) bond motifs is 2. The van der Waals surface area contributed by atoms with Gasteiger partial charge in [0.1, 0.15) is 0 Å². The third kappa shape index (κ3) is 5.91.